The molecule has 0 atom stereocenters. The average molecular weight is 256 g/mol. The molecule has 2 aromatic carbocycles. The second-order valence-corrected chi connectivity index (χ2v) is 4.02. The van der Waals surface area contributed by atoms with Crippen molar-refractivity contribution in [3.05, 3.63) is 58.3 Å². The van der Waals surface area contributed by atoms with Crippen LogP contribution >= 0.6 is 23.2 Å². The molecule has 0 amide bonds. The molecule has 1 N–H and O–H groups in total. The molecule has 0 saturated heterocycles. The van der Waals surface area contributed by atoms with Gasteiger partial charge in [0.1, 0.15) is 5.82 Å². The summed E-state index contributed by atoms with van der Waals surface area (Å²) in [6, 6.07) is 11.4. The lowest BCUT2D eigenvalue weighted by atomic mass is 10.2. The molecule has 0 aliphatic carbocycles. The van der Waals surface area contributed by atoms with Crippen molar-refractivity contribution in [2.24, 2.45) is 0 Å². The molecule has 82 valence electrons. The number of rotatable bonds is 2. The summed E-state index contributed by atoms with van der Waals surface area (Å²) < 4.78 is 13.0. The monoisotopic (exact) mass is 255 g/mol. The molecule has 1 nitrogen and oxygen atoms in total. The second-order valence-electron chi connectivity index (χ2n) is 3.24. The summed E-state index contributed by atoms with van der Waals surface area (Å²) in [6.07, 6.45) is 0. The second kappa shape index (κ2) is 4.73. The van der Waals surface area contributed by atoms with Crippen LogP contribution in [0.15, 0.2) is 42.5 Å². The van der Waals surface area contributed by atoms with Crippen LogP contribution in [0, 0.1) is 5.82 Å². The van der Waals surface area contributed by atoms with Crippen LogP contribution in [0.2, 0.25) is 10.0 Å². The Morgan fingerprint density at radius 1 is 1.00 bits per heavy atom. The van der Waals surface area contributed by atoms with Gasteiger partial charge in [0.2, 0.25) is 0 Å². The Hall–Kier alpha value is -1.25. The number of halogens is 3. The van der Waals surface area contributed by atoms with Gasteiger partial charge in [0.15, 0.2) is 0 Å². The number of hydrogen-bond donors (Lipinski definition) is 1. The average Bonchev–Trinajstić information content (AvgIpc) is 2.25. The highest BCUT2D eigenvalue weighted by molar-refractivity contribution is 6.43. The van der Waals surface area contributed by atoms with Gasteiger partial charge < -0.3 is 5.32 Å². The first kappa shape index (κ1) is 11.2. The third-order valence-corrected chi connectivity index (χ3v) is 2.87. The number of hydrogen-bond acceptors (Lipinski definition) is 1. The van der Waals surface area contributed by atoms with E-state index in [1.54, 1.807) is 30.3 Å². The highest BCUT2D eigenvalue weighted by Gasteiger charge is 2.04. The van der Waals surface area contributed by atoms with Gasteiger partial charge in [0.25, 0.3) is 0 Å². The van der Waals surface area contributed by atoms with Gasteiger partial charge in [-0.3, -0.25) is 0 Å². The van der Waals surface area contributed by atoms with Gasteiger partial charge in [-0.15, -0.1) is 0 Å². The van der Waals surface area contributed by atoms with Crippen molar-refractivity contribution in [1.29, 1.82) is 0 Å². The van der Waals surface area contributed by atoms with Crippen LogP contribution in [-0.2, 0) is 0 Å². The van der Waals surface area contributed by atoms with E-state index in [1.165, 1.54) is 12.1 Å². The van der Waals surface area contributed by atoms with E-state index >= 15 is 0 Å². The molecule has 0 spiro atoms. The SMILES string of the molecule is Fc1cccc(Nc2cccc(Cl)c2Cl)c1. The van der Waals surface area contributed by atoms with E-state index in [0.29, 0.717) is 21.4 Å². The minimum Gasteiger partial charge on any atom is -0.354 e. The fourth-order valence-corrected chi connectivity index (χ4v) is 1.67. The van der Waals surface area contributed by atoms with Gasteiger partial charge in [-0.2, -0.15) is 0 Å². The molecule has 0 bridgehead atoms. The highest BCUT2D eigenvalue weighted by Crippen LogP contribution is 2.31. The molecule has 0 aromatic heterocycles. The summed E-state index contributed by atoms with van der Waals surface area (Å²) >= 11 is 11.9. The van der Waals surface area contributed by atoms with Gasteiger partial charge in [-0.05, 0) is 30.3 Å². The van der Waals surface area contributed by atoms with E-state index in [1.807, 2.05) is 0 Å². The number of anilines is 2. The number of nitrogens with one attached hydrogen (secondary N) is 1. The van der Waals surface area contributed by atoms with Crippen molar-refractivity contribution in [3.8, 4) is 0 Å². The fourth-order valence-electron chi connectivity index (χ4n) is 1.32. The smallest absolute Gasteiger partial charge is 0.125 e. The van der Waals surface area contributed by atoms with Crippen LogP contribution in [0.5, 0.6) is 0 Å². The molecule has 2 aromatic rings. The first-order valence-corrected chi connectivity index (χ1v) is 5.39. The Kier molecular flexibility index (Phi) is 3.32. The zero-order chi connectivity index (χ0) is 11.5. The lowest BCUT2D eigenvalue weighted by Crippen LogP contribution is -1.91. The van der Waals surface area contributed by atoms with Gasteiger partial charge in [-0.1, -0.05) is 35.3 Å². The van der Waals surface area contributed by atoms with Crippen LogP contribution in [0.3, 0.4) is 0 Å². The number of benzene rings is 2. The van der Waals surface area contributed by atoms with Crippen molar-refractivity contribution in [1.82, 2.24) is 0 Å². The maximum atomic E-state index is 13.0. The first-order valence-electron chi connectivity index (χ1n) is 4.63. The molecule has 0 radical (unpaired) electrons. The van der Waals surface area contributed by atoms with Crippen LogP contribution < -0.4 is 5.32 Å². The summed E-state index contributed by atoms with van der Waals surface area (Å²) in [5.74, 6) is -0.303. The standard InChI is InChI=1S/C12H8Cl2FN/c13-10-5-2-6-11(12(10)14)16-9-4-1-3-8(15)7-9/h1-7,16H. The summed E-state index contributed by atoms with van der Waals surface area (Å²) in [7, 11) is 0. The van der Waals surface area contributed by atoms with Crippen molar-refractivity contribution in [3.63, 3.8) is 0 Å². The Morgan fingerprint density at radius 3 is 2.50 bits per heavy atom. The van der Waals surface area contributed by atoms with Crippen LogP contribution in [0.1, 0.15) is 0 Å². The molecular weight excluding hydrogens is 248 g/mol. The van der Waals surface area contributed by atoms with Crippen molar-refractivity contribution in [2.45, 2.75) is 0 Å². The molecule has 0 heterocycles. The van der Waals surface area contributed by atoms with Gasteiger partial charge in [-0.25, -0.2) is 4.39 Å². The van der Waals surface area contributed by atoms with Crippen molar-refractivity contribution < 1.29 is 4.39 Å². The van der Waals surface area contributed by atoms with E-state index in [4.69, 9.17) is 23.2 Å². The predicted molar refractivity (Wildman–Crippen MR) is 66.1 cm³/mol. The predicted octanol–water partition coefficient (Wildman–Crippen LogP) is 4.88. The molecule has 0 unspecified atom stereocenters. The fraction of sp³-hybridized carbons (Fsp3) is 0. The lowest BCUT2D eigenvalue weighted by molar-refractivity contribution is 0.628. The molecule has 2 rings (SSSR count). The molecule has 0 aliphatic rings. The van der Waals surface area contributed by atoms with Crippen LogP contribution in [0.4, 0.5) is 15.8 Å². The Morgan fingerprint density at radius 2 is 1.75 bits per heavy atom. The minimum atomic E-state index is -0.303. The first-order chi connectivity index (χ1) is 7.66. The molecule has 16 heavy (non-hydrogen) atoms. The Balaban J connectivity index is 2.31. The maximum Gasteiger partial charge on any atom is 0.125 e. The van der Waals surface area contributed by atoms with E-state index in [2.05, 4.69) is 5.32 Å². The molecule has 0 aliphatic heterocycles. The molecule has 0 fully saturated rings. The summed E-state index contributed by atoms with van der Waals surface area (Å²) in [5.41, 5.74) is 1.28. The summed E-state index contributed by atoms with van der Waals surface area (Å²) in [4.78, 5) is 0. The molecule has 4 heteroatoms. The van der Waals surface area contributed by atoms with Crippen molar-refractivity contribution >= 4 is 34.6 Å². The Labute approximate surface area is 103 Å². The largest absolute Gasteiger partial charge is 0.354 e. The quantitative estimate of drug-likeness (QED) is 0.807. The minimum absolute atomic E-state index is 0.303. The van der Waals surface area contributed by atoms with Gasteiger partial charge in [0, 0.05) is 5.69 Å². The topological polar surface area (TPSA) is 12.0 Å². The maximum absolute atomic E-state index is 13.0. The van der Waals surface area contributed by atoms with E-state index in [9.17, 15) is 4.39 Å². The lowest BCUT2D eigenvalue weighted by Gasteiger charge is -2.09. The van der Waals surface area contributed by atoms with Crippen LogP contribution in [0.25, 0.3) is 0 Å². The van der Waals surface area contributed by atoms with Gasteiger partial charge in [0.05, 0.1) is 15.7 Å². The highest BCUT2D eigenvalue weighted by atomic mass is 35.5. The van der Waals surface area contributed by atoms with Gasteiger partial charge >= 0.3 is 0 Å². The van der Waals surface area contributed by atoms with Crippen molar-refractivity contribution in [2.75, 3.05) is 5.32 Å². The summed E-state index contributed by atoms with van der Waals surface area (Å²) in [5, 5.41) is 3.88. The summed E-state index contributed by atoms with van der Waals surface area (Å²) in [6.45, 7) is 0. The zero-order valence-electron chi connectivity index (χ0n) is 8.18. The normalized spacial score (nSPS) is 10.2. The third-order valence-electron chi connectivity index (χ3n) is 2.06. The van der Waals surface area contributed by atoms with Crippen LogP contribution in [-0.4, -0.2) is 0 Å². The Bertz CT molecular complexity index is 514. The zero-order valence-corrected chi connectivity index (χ0v) is 9.69. The van der Waals surface area contributed by atoms with E-state index < -0.39 is 0 Å². The third kappa shape index (κ3) is 2.46. The molecule has 0 saturated carbocycles. The van der Waals surface area contributed by atoms with E-state index in [-0.39, 0.29) is 5.82 Å². The molecular formula is C12H8Cl2FN. The van der Waals surface area contributed by atoms with E-state index in [0.717, 1.165) is 0 Å².